The van der Waals surface area contributed by atoms with Crippen molar-refractivity contribution in [2.75, 3.05) is 0 Å². The van der Waals surface area contributed by atoms with E-state index in [2.05, 4.69) is 20.8 Å². The summed E-state index contributed by atoms with van der Waals surface area (Å²) in [5, 5.41) is 10.5. The lowest BCUT2D eigenvalue weighted by atomic mass is 9.43. The maximum absolute atomic E-state index is 12.1. The van der Waals surface area contributed by atoms with E-state index in [1.807, 2.05) is 0 Å². The van der Waals surface area contributed by atoms with Gasteiger partial charge in [-0.25, -0.2) is 0 Å². The van der Waals surface area contributed by atoms with Crippen LogP contribution in [0.3, 0.4) is 0 Å². The van der Waals surface area contributed by atoms with E-state index in [0.717, 1.165) is 37.0 Å². The van der Waals surface area contributed by atoms with Gasteiger partial charge in [-0.05, 0) is 78.9 Å². The molecule has 4 fully saturated rings. The lowest BCUT2D eigenvalue weighted by Crippen LogP contribution is -2.56. The average molecular weight is 304 g/mol. The monoisotopic (exact) mass is 304 g/mol. The Kier molecular flexibility index (Phi) is 3.32. The number of ketones is 1. The third-order valence-electron chi connectivity index (χ3n) is 8.98. The van der Waals surface area contributed by atoms with Crippen molar-refractivity contribution >= 4 is 5.78 Å². The highest BCUT2D eigenvalue weighted by molar-refractivity contribution is 5.80. The molecule has 124 valence electrons. The number of carbonyl (C=O) groups excluding carboxylic acids is 1. The minimum atomic E-state index is -0.0747. The standard InChI is InChI=1S/C20H32O2/c1-12-10-14(21)11-13-4-5-15-16-6-7-18(22)19(16,2)9-8-17(15)20(12,13)3/h12-13,15-18,22H,4-11H2,1-3H3/t12-,13-,15-,16-,17-,18+,19-,20-/m0/s1. The van der Waals surface area contributed by atoms with Gasteiger partial charge >= 0.3 is 0 Å². The van der Waals surface area contributed by atoms with E-state index in [1.165, 1.54) is 32.1 Å². The number of fused-ring (bicyclic) bond motifs is 5. The number of aliphatic hydroxyl groups is 1. The molecular weight excluding hydrogens is 272 g/mol. The van der Waals surface area contributed by atoms with Crippen molar-refractivity contribution in [2.45, 2.75) is 78.2 Å². The van der Waals surface area contributed by atoms with Crippen LogP contribution in [-0.2, 0) is 4.79 Å². The molecule has 1 N–H and O–H groups in total. The SMILES string of the molecule is C[C@H]1CC(=O)C[C@@H]2CC[C@H]3[C@@H]4CC[C@@H](O)[C@@]4(C)CC[C@@H]3[C@]21C. The van der Waals surface area contributed by atoms with Crippen molar-refractivity contribution in [3.05, 3.63) is 0 Å². The lowest BCUT2D eigenvalue weighted by molar-refractivity contribution is -0.154. The fourth-order valence-corrected chi connectivity index (χ4v) is 7.45. The van der Waals surface area contributed by atoms with Crippen LogP contribution < -0.4 is 0 Å². The topological polar surface area (TPSA) is 37.3 Å². The first-order chi connectivity index (χ1) is 10.4. The Morgan fingerprint density at radius 1 is 1.00 bits per heavy atom. The predicted molar refractivity (Wildman–Crippen MR) is 87.3 cm³/mol. The summed E-state index contributed by atoms with van der Waals surface area (Å²) in [4.78, 5) is 12.1. The summed E-state index contributed by atoms with van der Waals surface area (Å²) in [5.74, 6) is 3.99. The predicted octanol–water partition coefficient (Wildman–Crippen LogP) is 4.21. The summed E-state index contributed by atoms with van der Waals surface area (Å²) in [5.41, 5.74) is 0.545. The Labute approximate surface area is 135 Å². The van der Waals surface area contributed by atoms with Crippen molar-refractivity contribution < 1.29 is 9.90 Å². The Hall–Kier alpha value is -0.370. The van der Waals surface area contributed by atoms with Gasteiger partial charge in [-0.3, -0.25) is 4.79 Å². The molecule has 8 atom stereocenters. The molecule has 0 aromatic heterocycles. The fourth-order valence-electron chi connectivity index (χ4n) is 7.45. The van der Waals surface area contributed by atoms with Crippen LogP contribution in [0.5, 0.6) is 0 Å². The second-order valence-electron chi connectivity index (χ2n) is 9.50. The molecular formula is C20H32O2. The molecule has 4 aliphatic carbocycles. The summed E-state index contributed by atoms with van der Waals surface area (Å²) in [6, 6.07) is 0. The van der Waals surface area contributed by atoms with E-state index in [4.69, 9.17) is 0 Å². The Morgan fingerprint density at radius 3 is 2.55 bits per heavy atom. The molecule has 4 aliphatic rings. The lowest BCUT2D eigenvalue weighted by Gasteiger charge is -2.62. The highest BCUT2D eigenvalue weighted by atomic mass is 16.3. The summed E-state index contributed by atoms with van der Waals surface area (Å²) in [6.45, 7) is 7.21. The second kappa shape index (κ2) is 4.82. The van der Waals surface area contributed by atoms with E-state index < -0.39 is 0 Å². The van der Waals surface area contributed by atoms with E-state index in [1.54, 1.807) is 0 Å². The van der Waals surface area contributed by atoms with Gasteiger partial charge in [0.15, 0.2) is 0 Å². The van der Waals surface area contributed by atoms with Gasteiger partial charge in [0.2, 0.25) is 0 Å². The van der Waals surface area contributed by atoms with Crippen LogP contribution in [0.1, 0.15) is 72.1 Å². The molecule has 2 nitrogen and oxygen atoms in total. The van der Waals surface area contributed by atoms with Crippen LogP contribution in [0.15, 0.2) is 0 Å². The van der Waals surface area contributed by atoms with Crippen LogP contribution in [0.2, 0.25) is 0 Å². The highest BCUT2D eigenvalue weighted by Gasteiger charge is 2.61. The van der Waals surface area contributed by atoms with E-state index in [0.29, 0.717) is 23.0 Å². The molecule has 0 radical (unpaired) electrons. The summed E-state index contributed by atoms with van der Waals surface area (Å²) >= 11 is 0. The molecule has 0 unspecified atom stereocenters. The number of hydrogen-bond donors (Lipinski definition) is 1. The van der Waals surface area contributed by atoms with Gasteiger partial charge in [0.25, 0.3) is 0 Å². The molecule has 0 aliphatic heterocycles. The number of hydrogen-bond acceptors (Lipinski definition) is 2. The van der Waals surface area contributed by atoms with Gasteiger partial charge in [-0.15, -0.1) is 0 Å². The van der Waals surface area contributed by atoms with Crippen LogP contribution in [-0.4, -0.2) is 17.0 Å². The molecule has 0 heterocycles. The van der Waals surface area contributed by atoms with Crippen molar-refractivity contribution in [3.8, 4) is 0 Å². The zero-order valence-electron chi connectivity index (χ0n) is 14.5. The summed E-state index contributed by atoms with van der Waals surface area (Å²) < 4.78 is 0. The minimum absolute atomic E-state index is 0.0747. The first-order valence-electron chi connectivity index (χ1n) is 9.57. The second-order valence-corrected chi connectivity index (χ2v) is 9.50. The number of rotatable bonds is 0. The van der Waals surface area contributed by atoms with Crippen LogP contribution >= 0.6 is 0 Å². The summed E-state index contributed by atoms with van der Waals surface area (Å²) in [6.07, 6.45) is 8.84. The zero-order valence-corrected chi connectivity index (χ0v) is 14.5. The van der Waals surface area contributed by atoms with E-state index in [9.17, 15) is 9.90 Å². The molecule has 0 aromatic carbocycles. The maximum atomic E-state index is 12.1. The average Bonchev–Trinajstić information content (AvgIpc) is 2.77. The molecule has 0 saturated heterocycles. The quantitative estimate of drug-likeness (QED) is 0.728. The number of carbonyl (C=O) groups is 1. The molecule has 2 heteroatoms. The first kappa shape index (κ1) is 15.2. The fraction of sp³-hybridized carbons (Fsp3) is 0.950. The molecule has 0 spiro atoms. The molecule has 22 heavy (non-hydrogen) atoms. The zero-order chi connectivity index (χ0) is 15.7. The smallest absolute Gasteiger partial charge is 0.133 e. The van der Waals surface area contributed by atoms with Gasteiger partial charge in [0.1, 0.15) is 5.78 Å². The van der Waals surface area contributed by atoms with Gasteiger partial charge in [0, 0.05) is 12.8 Å². The van der Waals surface area contributed by atoms with Crippen LogP contribution in [0.4, 0.5) is 0 Å². The Bertz CT molecular complexity index is 486. The van der Waals surface area contributed by atoms with Gasteiger partial charge in [-0.1, -0.05) is 20.8 Å². The van der Waals surface area contributed by atoms with Crippen molar-refractivity contribution in [1.82, 2.24) is 0 Å². The minimum Gasteiger partial charge on any atom is -0.393 e. The number of aliphatic hydroxyl groups excluding tert-OH is 1. The molecule has 4 saturated carbocycles. The molecule has 0 bridgehead atoms. The third-order valence-corrected chi connectivity index (χ3v) is 8.98. The van der Waals surface area contributed by atoms with Crippen molar-refractivity contribution in [1.29, 1.82) is 0 Å². The van der Waals surface area contributed by atoms with Gasteiger partial charge in [-0.2, -0.15) is 0 Å². The van der Waals surface area contributed by atoms with Crippen molar-refractivity contribution in [3.63, 3.8) is 0 Å². The normalized spacial score (nSPS) is 57.9. The molecule has 0 aromatic rings. The van der Waals surface area contributed by atoms with E-state index >= 15 is 0 Å². The van der Waals surface area contributed by atoms with Crippen LogP contribution in [0, 0.1) is 40.4 Å². The van der Waals surface area contributed by atoms with E-state index in [-0.39, 0.29) is 11.5 Å². The summed E-state index contributed by atoms with van der Waals surface area (Å²) in [7, 11) is 0. The molecule has 0 amide bonds. The van der Waals surface area contributed by atoms with Crippen molar-refractivity contribution in [2.24, 2.45) is 40.4 Å². The third kappa shape index (κ3) is 1.79. The maximum Gasteiger partial charge on any atom is 0.133 e. The first-order valence-corrected chi connectivity index (χ1v) is 9.57. The molecule has 4 rings (SSSR count). The highest BCUT2D eigenvalue weighted by Crippen LogP contribution is 2.66. The number of Topliss-reactive ketones (excluding diaryl/α,β-unsaturated/α-hetero) is 1. The van der Waals surface area contributed by atoms with Gasteiger partial charge < -0.3 is 5.11 Å². The largest absolute Gasteiger partial charge is 0.393 e. The Morgan fingerprint density at radius 2 is 1.77 bits per heavy atom. The van der Waals surface area contributed by atoms with Crippen LogP contribution in [0.25, 0.3) is 0 Å². The van der Waals surface area contributed by atoms with Gasteiger partial charge in [0.05, 0.1) is 6.10 Å². The Balaban J connectivity index is 1.67.